The van der Waals surface area contributed by atoms with Crippen LogP contribution in [0, 0.1) is 0 Å². The zero-order chi connectivity index (χ0) is 30.6. The molecule has 2 heterocycles. The number of hydrogen-bond acceptors (Lipinski definition) is 5. The second-order valence-corrected chi connectivity index (χ2v) is 12.5. The molecule has 0 fully saturated rings. The van der Waals surface area contributed by atoms with E-state index in [2.05, 4.69) is 150 Å². The van der Waals surface area contributed by atoms with Crippen LogP contribution in [-0.2, 0) is 0 Å². The van der Waals surface area contributed by atoms with Crippen molar-refractivity contribution < 1.29 is 0 Å². The molecule has 0 bridgehead atoms. The van der Waals surface area contributed by atoms with Crippen LogP contribution in [0.25, 0.3) is 5.70 Å². The molecule has 45 heavy (non-hydrogen) atoms. The highest BCUT2D eigenvalue weighted by Gasteiger charge is 2.26. The molecule has 5 aromatic carbocycles. The number of nitrogens with one attached hydrogen (secondary N) is 2. The summed E-state index contributed by atoms with van der Waals surface area (Å²) in [6, 6.07) is 46.7. The van der Waals surface area contributed by atoms with Gasteiger partial charge < -0.3 is 21.3 Å². The lowest BCUT2D eigenvalue weighted by Gasteiger charge is -2.33. The SMILES string of the molecule is CC(NC(=NC(N)c1ccc(N2c3ccccc3Sc3ccccc32)cc1)C1CCC=C(c2ccccc2)N1)c1ccccc1. The Hall–Kier alpha value is -4.78. The molecule has 0 saturated carbocycles. The van der Waals surface area contributed by atoms with Crippen LogP contribution in [0.4, 0.5) is 17.1 Å². The van der Waals surface area contributed by atoms with Crippen LogP contribution in [0.3, 0.4) is 0 Å². The van der Waals surface area contributed by atoms with Gasteiger partial charge in [0.1, 0.15) is 12.0 Å². The number of rotatable bonds is 7. The van der Waals surface area contributed by atoms with Gasteiger partial charge in [0.25, 0.3) is 0 Å². The number of amidine groups is 1. The summed E-state index contributed by atoms with van der Waals surface area (Å²) in [5.41, 5.74) is 14.8. The van der Waals surface area contributed by atoms with Crippen molar-refractivity contribution in [1.29, 1.82) is 0 Å². The summed E-state index contributed by atoms with van der Waals surface area (Å²) in [6.07, 6.45) is 3.65. The summed E-state index contributed by atoms with van der Waals surface area (Å²) in [4.78, 5) is 9.97. The van der Waals surface area contributed by atoms with Crippen molar-refractivity contribution in [2.75, 3.05) is 4.90 Å². The maximum absolute atomic E-state index is 6.86. The lowest BCUT2D eigenvalue weighted by Crippen LogP contribution is -2.46. The van der Waals surface area contributed by atoms with Crippen LogP contribution in [-0.4, -0.2) is 11.9 Å². The summed E-state index contributed by atoms with van der Waals surface area (Å²) >= 11 is 1.81. The fourth-order valence-corrected chi connectivity index (χ4v) is 7.10. The second kappa shape index (κ2) is 13.1. The van der Waals surface area contributed by atoms with Gasteiger partial charge in [0.15, 0.2) is 0 Å². The third-order valence-corrected chi connectivity index (χ3v) is 9.55. The largest absolute Gasteiger partial charge is 0.375 e. The fraction of sp³-hybridized carbons (Fsp3) is 0.154. The van der Waals surface area contributed by atoms with Crippen molar-refractivity contribution in [3.63, 3.8) is 0 Å². The fourth-order valence-electron chi connectivity index (χ4n) is 6.04. The van der Waals surface area contributed by atoms with E-state index in [-0.39, 0.29) is 12.1 Å². The van der Waals surface area contributed by atoms with Crippen LogP contribution in [0.15, 0.2) is 154 Å². The number of nitrogens with two attached hydrogens (primary N) is 1. The molecule has 0 radical (unpaired) electrons. The maximum atomic E-state index is 6.86. The third-order valence-electron chi connectivity index (χ3n) is 8.42. The Balaban J connectivity index is 1.18. The molecule has 4 N–H and O–H groups in total. The highest BCUT2D eigenvalue weighted by atomic mass is 32.2. The quantitative estimate of drug-likeness (QED) is 0.125. The van der Waals surface area contributed by atoms with Gasteiger partial charge in [-0.05, 0) is 72.9 Å². The number of hydrogen-bond donors (Lipinski definition) is 3. The van der Waals surface area contributed by atoms with Crippen LogP contribution in [0.1, 0.15) is 48.7 Å². The molecule has 0 amide bonds. The first-order valence-electron chi connectivity index (χ1n) is 15.6. The zero-order valence-corrected chi connectivity index (χ0v) is 26.1. The molecule has 7 rings (SSSR count). The number of benzene rings is 5. The van der Waals surface area contributed by atoms with E-state index in [9.17, 15) is 0 Å². The monoisotopic (exact) mass is 607 g/mol. The summed E-state index contributed by atoms with van der Waals surface area (Å²) in [6.45, 7) is 2.18. The molecule has 224 valence electrons. The molecule has 0 aromatic heterocycles. The first-order chi connectivity index (χ1) is 22.1. The first kappa shape index (κ1) is 29.0. The molecule has 2 aliphatic rings. The van der Waals surface area contributed by atoms with E-state index in [4.69, 9.17) is 10.7 Å². The minimum absolute atomic E-state index is 0.0144. The molecular formula is C39H37N5S. The molecule has 5 aromatic rings. The average molecular weight is 608 g/mol. The summed E-state index contributed by atoms with van der Waals surface area (Å²) < 4.78 is 0. The van der Waals surface area contributed by atoms with Crippen LogP contribution in [0.5, 0.6) is 0 Å². The summed E-state index contributed by atoms with van der Waals surface area (Å²) in [5.74, 6) is 0.875. The Kier molecular flexibility index (Phi) is 8.41. The Bertz CT molecular complexity index is 1770. The third kappa shape index (κ3) is 6.25. The van der Waals surface area contributed by atoms with Gasteiger partial charge >= 0.3 is 0 Å². The van der Waals surface area contributed by atoms with Crippen molar-refractivity contribution in [2.24, 2.45) is 10.7 Å². The predicted octanol–water partition coefficient (Wildman–Crippen LogP) is 9.12. The van der Waals surface area contributed by atoms with Gasteiger partial charge in [-0.1, -0.05) is 115 Å². The molecule has 0 saturated heterocycles. The van der Waals surface area contributed by atoms with E-state index in [0.29, 0.717) is 0 Å². The van der Waals surface area contributed by atoms with Crippen molar-refractivity contribution in [2.45, 2.75) is 47.8 Å². The molecule has 0 spiro atoms. The predicted molar refractivity (Wildman–Crippen MR) is 188 cm³/mol. The molecule has 6 heteroatoms. The minimum atomic E-state index is -0.520. The zero-order valence-electron chi connectivity index (χ0n) is 25.3. The van der Waals surface area contributed by atoms with E-state index in [1.807, 2.05) is 23.9 Å². The molecular weight excluding hydrogens is 571 g/mol. The topological polar surface area (TPSA) is 65.7 Å². The summed E-state index contributed by atoms with van der Waals surface area (Å²) in [5, 5.41) is 7.49. The maximum Gasteiger partial charge on any atom is 0.125 e. The van der Waals surface area contributed by atoms with Gasteiger partial charge in [0.05, 0.1) is 17.4 Å². The van der Waals surface area contributed by atoms with Gasteiger partial charge in [-0.2, -0.15) is 0 Å². The Morgan fingerprint density at radius 2 is 1.38 bits per heavy atom. The van der Waals surface area contributed by atoms with E-state index in [1.165, 1.54) is 32.3 Å². The van der Waals surface area contributed by atoms with Crippen molar-refractivity contribution in [3.8, 4) is 0 Å². The number of aliphatic imine (C=N–C) groups is 1. The first-order valence-corrected chi connectivity index (χ1v) is 16.4. The van der Waals surface area contributed by atoms with Gasteiger partial charge in [0, 0.05) is 27.2 Å². The smallest absolute Gasteiger partial charge is 0.125 e. The van der Waals surface area contributed by atoms with Crippen LogP contribution in [0.2, 0.25) is 0 Å². The molecule has 2 aliphatic heterocycles. The second-order valence-electron chi connectivity index (χ2n) is 11.5. The number of fused-ring (bicyclic) bond motifs is 2. The number of anilines is 3. The lowest BCUT2D eigenvalue weighted by molar-refractivity contribution is 0.600. The molecule has 5 nitrogen and oxygen atoms in total. The van der Waals surface area contributed by atoms with Crippen LogP contribution < -0.4 is 21.3 Å². The van der Waals surface area contributed by atoms with E-state index in [1.54, 1.807) is 0 Å². The van der Waals surface area contributed by atoms with E-state index in [0.717, 1.165) is 35.6 Å². The lowest BCUT2D eigenvalue weighted by atomic mass is 10.00. The van der Waals surface area contributed by atoms with E-state index >= 15 is 0 Å². The highest BCUT2D eigenvalue weighted by molar-refractivity contribution is 7.99. The minimum Gasteiger partial charge on any atom is -0.375 e. The Labute approximate surface area is 269 Å². The highest BCUT2D eigenvalue weighted by Crippen LogP contribution is 2.51. The average Bonchev–Trinajstić information content (AvgIpc) is 3.11. The van der Waals surface area contributed by atoms with Crippen molar-refractivity contribution in [3.05, 3.63) is 156 Å². The van der Waals surface area contributed by atoms with E-state index < -0.39 is 6.17 Å². The van der Waals surface area contributed by atoms with Gasteiger partial charge in [-0.15, -0.1) is 0 Å². The standard InChI is InChI=1S/C39H37N5S/c1-27(28-13-4-2-5-14-28)41-39(33-18-12-17-32(42-33)29-15-6-3-7-16-29)43-38(40)30-23-25-31(26-24-30)44-34-19-8-10-21-36(34)45-37-22-11-9-20-35(37)44/h2-11,13-17,19-27,33,38,42H,12,18,40H2,1H3,(H,41,43). The normalized spacial score (nSPS) is 17.3. The number of allylic oxidation sites excluding steroid dienone is 1. The van der Waals surface area contributed by atoms with Gasteiger partial charge in [-0.3, -0.25) is 0 Å². The summed E-state index contributed by atoms with van der Waals surface area (Å²) in [7, 11) is 0. The molecule has 3 atom stereocenters. The number of nitrogens with zero attached hydrogens (tertiary/aromatic N) is 2. The number of para-hydroxylation sites is 2. The van der Waals surface area contributed by atoms with Crippen molar-refractivity contribution in [1.82, 2.24) is 10.6 Å². The van der Waals surface area contributed by atoms with Crippen molar-refractivity contribution >= 4 is 40.4 Å². The molecule has 3 unspecified atom stereocenters. The molecule has 0 aliphatic carbocycles. The van der Waals surface area contributed by atoms with Gasteiger partial charge in [-0.25, -0.2) is 4.99 Å². The van der Waals surface area contributed by atoms with Crippen LogP contribution >= 0.6 is 11.8 Å². The Morgan fingerprint density at radius 3 is 2.04 bits per heavy atom. The van der Waals surface area contributed by atoms with Gasteiger partial charge in [0.2, 0.25) is 0 Å². The Morgan fingerprint density at radius 1 is 0.778 bits per heavy atom.